The zero-order chi connectivity index (χ0) is 25.2. The molecule has 4 aromatic rings. The van der Waals surface area contributed by atoms with Gasteiger partial charge in [-0.2, -0.15) is 5.10 Å². The van der Waals surface area contributed by atoms with Crippen molar-refractivity contribution >= 4 is 11.7 Å². The highest BCUT2D eigenvalue weighted by Crippen LogP contribution is 2.42. The third-order valence-electron chi connectivity index (χ3n) is 6.35. The Balaban J connectivity index is 1.47. The molecular formula is C28H26FN3O4. The van der Waals surface area contributed by atoms with Gasteiger partial charge in [0.05, 0.1) is 25.6 Å². The summed E-state index contributed by atoms with van der Waals surface area (Å²) in [4.78, 5) is 12.8. The van der Waals surface area contributed by atoms with E-state index in [1.54, 1.807) is 43.2 Å². The van der Waals surface area contributed by atoms with Crippen molar-refractivity contribution in [1.82, 2.24) is 9.78 Å². The number of hydrogen-bond acceptors (Lipinski definition) is 5. The van der Waals surface area contributed by atoms with Gasteiger partial charge in [0.25, 0.3) is 0 Å². The summed E-state index contributed by atoms with van der Waals surface area (Å²) in [6.07, 6.45) is 0.279. The first-order valence-electron chi connectivity index (χ1n) is 11.6. The monoisotopic (exact) mass is 487 g/mol. The number of carbonyl (C=O) groups is 1. The first kappa shape index (κ1) is 23.4. The fourth-order valence-corrected chi connectivity index (χ4v) is 4.53. The van der Waals surface area contributed by atoms with Gasteiger partial charge >= 0.3 is 0 Å². The molecule has 184 valence electrons. The molecule has 0 saturated heterocycles. The van der Waals surface area contributed by atoms with E-state index >= 15 is 0 Å². The summed E-state index contributed by atoms with van der Waals surface area (Å²) in [7, 11) is 3.17. The Morgan fingerprint density at radius 2 is 1.81 bits per heavy atom. The molecule has 2 heterocycles. The van der Waals surface area contributed by atoms with Crippen LogP contribution < -0.4 is 19.5 Å². The van der Waals surface area contributed by atoms with E-state index in [0.717, 1.165) is 28.3 Å². The number of aryl methyl sites for hydroxylation is 1. The summed E-state index contributed by atoms with van der Waals surface area (Å²) in [6.45, 7) is 2.01. The third kappa shape index (κ3) is 4.37. The molecule has 0 bridgehead atoms. The Hall–Kier alpha value is -4.33. The van der Waals surface area contributed by atoms with E-state index in [1.165, 1.54) is 6.07 Å². The Labute approximate surface area is 208 Å². The van der Waals surface area contributed by atoms with Crippen LogP contribution in [0.25, 0.3) is 5.69 Å². The molecule has 1 N–H and O–H groups in total. The number of hydrogen-bond donors (Lipinski definition) is 1. The van der Waals surface area contributed by atoms with Crippen molar-refractivity contribution in [3.63, 3.8) is 0 Å². The number of aromatic nitrogens is 2. The largest absolute Gasteiger partial charge is 0.497 e. The van der Waals surface area contributed by atoms with Crippen LogP contribution in [0.2, 0.25) is 0 Å². The van der Waals surface area contributed by atoms with Crippen molar-refractivity contribution in [3.8, 4) is 22.9 Å². The molecule has 1 atom stereocenters. The first-order valence-corrected chi connectivity index (χ1v) is 11.6. The summed E-state index contributed by atoms with van der Waals surface area (Å²) in [5.74, 6) is 1.77. The lowest BCUT2D eigenvalue weighted by Crippen LogP contribution is -2.25. The number of anilines is 1. The number of halogens is 1. The standard InChI is InChI=1S/C28H26FN3O4/c1-17-27-22(15-26(33)30-28(27)32(31-17)20-9-11-21(34-2)12-10-20)18-8-13-24(25(14-18)35-3)36-16-19-6-4-5-7-23(19)29/h4-14,22H,15-16H2,1-3H3,(H,30,33). The topological polar surface area (TPSA) is 74.6 Å². The Morgan fingerprint density at radius 3 is 2.53 bits per heavy atom. The SMILES string of the molecule is COc1ccc(-n2nc(C)c3c2NC(=O)CC3c2ccc(OCc3ccccc3F)c(OC)c2)cc1. The summed E-state index contributed by atoms with van der Waals surface area (Å²) >= 11 is 0. The van der Waals surface area contributed by atoms with Gasteiger partial charge in [0.1, 0.15) is 24.0 Å². The lowest BCUT2D eigenvalue weighted by molar-refractivity contribution is -0.116. The molecule has 1 aliphatic heterocycles. The molecule has 0 radical (unpaired) electrons. The van der Waals surface area contributed by atoms with Gasteiger partial charge in [0.15, 0.2) is 11.5 Å². The summed E-state index contributed by atoms with van der Waals surface area (Å²) in [5, 5.41) is 7.73. The van der Waals surface area contributed by atoms with E-state index in [0.29, 0.717) is 22.9 Å². The molecule has 3 aromatic carbocycles. The molecular weight excluding hydrogens is 461 g/mol. The zero-order valence-electron chi connectivity index (χ0n) is 20.2. The molecule has 1 amide bonds. The summed E-state index contributed by atoms with van der Waals surface area (Å²) in [6, 6.07) is 19.6. The van der Waals surface area contributed by atoms with Gasteiger partial charge in [-0.1, -0.05) is 24.3 Å². The minimum Gasteiger partial charge on any atom is -0.497 e. The number of benzene rings is 3. The molecule has 1 aliphatic rings. The van der Waals surface area contributed by atoms with Crippen LogP contribution >= 0.6 is 0 Å². The maximum atomic E-state index is 14.0. The van der Waals surface area contributed by atoms with Crippen molar-refractivity contribution in [2.75, 3.05) is 19.5 Å². The molecule has 5 rings (SSSR count). The predicted molar refractivity (Wildman–Crippen MR) is 134 cm³/mol. The minimum atomic E-state index is -0.321. The van der Waals surface area contributed by atoms with Crippen molar-refractivity contribution in [1.29, 1.82) is 0 Å². The van der Waals surface area contributed by atoms with Gasteiger partial charge in [-0.3, -0.25) is 4.79 Å². The quantitative estimate of drug-likeness (QED) is 0.378. The number of ether oxygens (including phenoxy) is 3. The average molecular weight is 488 g/mol. The van der Waals surface area contributed by atoms with E-state index in [1.807, 2.05) is 43.3 Å². The second-order valence-electron chi connectivity index (χ2n) is 8.55. The van der Waals surface area contributed by atoms with Crippen LogP contribution in [0.5, 0.6) is 17.2 Å². The minimum absolute atomic E-state index is 0.0755. The smallest absolute Gasteiger partial charge is 0.226 e. The van der Waals surface area contributed by atoms with Crippen LogP contribution in [0.4, 0.5) is 10.2 Å². The number of fused-ring (bicyclic) bond motifs is 1. The second-order valence-corrected chi connectivity index (χ2v) is 8.55. The van der Waals surface area contributed by atoms with Crippen molar-refractivity contribution < 1.29 is 23.4 Å². The van der Waals surface area contributed by atoms with Crippen molar-refractivity contribution in [2.45, 2.75) is 25.9 Å². The lowest BCUT2D eigenvalue weighted by atomic mass is 9.85. The first-order chi connectivity index (χ1) is 17.5. The van der Waals surface area contributed by atoms with Gasteiger partial charge in [-0.25, -0.2) is 9.07 Å². The molecule has 1 unspecified atom stereocenters. The van der Waals surface area contributed by atoms with Gasteiger partial charge in [-0.05, 0) is 55.0 Å². The van der Waals surface area contributed by atoms with Crippen LogP contribution in [0.15, 0.2) is 66.7 Å². The molecule has 36 heavy (non-hydrogen) atoms. The maximum Gasteiger partial charge on any atom is 0.226 e. The zero-order valence-corrected chi connectivity index (χ0v) is 20.2. The van der Waals surface area contributed by atoms with Gasteiger partial charge in [0.2, 0.25) is 5.91 Å². The van der Waals surface area contributed by atoms with Crippen LogP contribution in [0.1, 0.15) is 34.7 Å². The Morgan fingerprint density at radius 1 is 1.03 bits per heavy atom. The molecule has 7 nitrogen and oxygen atoms in total. The van der Waals surface area contributed by atoms with Crippen molar-refractivity contribution in [3.05, 3.63) is 94.9 Å². The molecule has 0 fully saturated rings. The maximum absolute atomic E-state index is 14.0. The van der Waals surface area contributed by atoms with E-state index in [9.17, 15) is 9.18 Å². The number of carbonyl (C=O) groups excluding carboxylic acids is 1. The highest BCUT2D eigenvalue weighted by Gasteiger charge is 2.33. The normalized spacial score (nSPS) is 14.7. The number of amides is 1. The fraction of sp³-hybridized carbons (Fsp3) is 0.214. The fourth-order valence-electron chi connectivity index (χ4n) is 4.53. The lowest BCUT2D eigenvalue weighted by Gasteiger charge is -2.25. The molecule has 1 aromatic heterocycles. The Bertz CT molecular complexity index is 1420. The predicted octanol–water partition coefficient (Wildman–Crippen LogP) is 5.39. The van der Waals surface area contributed by atoms with E-state index < -0.39 is 0 Å². The number of rotatable bonds is 7. The van der Waals surface area contributed by atoms with E-state index in [-0.39, 0.29) is 30.7 Å². The molecule has 0 spiro atoms. The van der Waals surface area contributed by atoms with E-state index in [2.05, 4.69) is 5.32 Å². The van der Waals surface area contributed by atoms with Crippen LogP contribution in [-0.2, 0) is 11.4 Å². The van der Waals surface area contributed by atoms with Crippen LogP contribution in [0, 0.1) is 12.7 Å². The second kappa shape index (κ2) is 9.73. The number of methoxy groups -OCH3 is 2. The van der Waals surface area contributed by atoms with Crippen LogP contribution in [0.3, 0.4) is 0 Å². The highest BCUT2D eigenvalue weighted by atomic mass is 19.1. The third-order valence-corrected chi connectivity index (χ3v) is 6.35. The molecule has 0 saturated carbocycles. The highest BCUT2D eigenvalue weighted by molar-refractivity contribution is 5.95. The van der Waals surface area contributed by atoms with Gasteiger partial charge in [-0.15, -0.1) is 0 Å². The summed E-state index contributed by atoms with van der Waals surface area (Å²) < 4.78 is 32.4. The molecule has 8 heteroatoms. The van der Waals surface area contributed by atoms with Crippen molar-refractivity contribution in [2.24, 2.45) is 0 Å². The number of nitrogens with one attached hydrogen (secondary N) is 1. The number of nitrogens with zero attached hydrogens (tertiary/aromatic N) is 2. The molecule has 0 aliphatic carbocycles. The Kier molecular flexibility index (Phi) is 6.33. The van der Waals surface area contributed by atoms with Gasteiger partial charge < -0.3 is 19.5 Å². The van der Waals surface area contributed by atoms with Crippen LogP contribution in [-0.4, -0.2) is 29.9 Å². The van der Waals surface area contributed by atoms with E-state index in [4.69, 9.17) is 19.3 Å². The average Bonchev–Trinajstić information content (AvgIpc) is 3.23. The van der Waals surface area contributed by atoms with Gasteiger partial charge in [0, 0.05) is 23.5 Å². The summed E-state index contributed by atoms with van der Waals surface area (Å²) in [5.41, 5.74) is 3.95.